The molecule has 4 N–H and O–H groups in total. The maximum atomic E-state index is 11.9. The van der Waals surface area contributed by atoms with Crippen molar-refractivity contribution in [3.63, 3.8) is 0 Å². The van der Waals surface area contributed by atoms with Crippen molar-refractivity contribution in [3.8, 4) is 0 Å². The van der Waals surface area contributed by atoms with Gasteiger partial charge in [-0.15, -0.1) is 0 Å². The highest BCUT2D eigenvalue weighted by Gasteiger charge is 2.26. The molecule has 1 saturated carbocycles. The van der Waals surface area contributed by atoms with E-state index in [0.717, 1.165) is 32.1 Å². The standard InChI is InChI=1S/C12H22N2O3/c13-10-6-3-1-2-5-9(10)12(17)14-8-4-7-11(15)16/h9-10H,1-8,13H2,(H,14,17)(H,15,16). The molecule has 0 heterocycles. The number of nitrogens with two attached hydrogens (primary N) is 1. The van der Waals surface area contributed by atoms with E-state index in [9.17, 15) is 9.59 Å². The molecule has 1 amide bonds. The van der Waals surface area contributed by atoms with Gasteiger partial charge in [-0.2, -0.15) is 0 Å². The van der Waals surface area contributed by atoms with Crippen molar-refractivity contribution in [2.75, 3.05) is 6.54 Å². The summed E-state index contributed by atoms with van der Waals surface area (Å²) >= 11 is 0. The molecular weight excluding hydrogens is 220 g/mol. The van der Waals surface area contributed by atoms with Crippen molar-refractivity contribution >= 4 is 11.9 Å². The first-order valence-corrected chi connectivity index (χ1v) is 6.36. The van der Waals surface area contributed by atoms with Gasteiger partial charge in [-0.05, 0) is 19.3 Å². The lowest BCUT2D eigenvalue weighted by Crippen LogP contribution is -2.41. The lowest BCUT2D eigenvalue weighted by Gasteiger charge is -2.20. The van der Waals surface area contributed by atoms with Gasteiger partial charge in [0.15, 0.2) is 0 Å². The van der Waals surface area contributed by atoms with Crippen LogP contribution < -0.4 is 11.1 Å². The molecule has 5 heteroatoms. The molecule has 0 aromatic rings. The molecule has 2 atom stereocenters. The van der Waals surface area contributed by atoms with E-state index in [1.165, 1.54) is 0 Å². The zero-order valence-electron chi connectivity index (χ0n) is 10.2. The summed E-state index contributed by atoms with van der Waals surface area (Å²) < 4.78 is 0. The molecule has 0 radical (unpaired) electrons. The van der Waals surface area contributed by atoms with Gasteiger partial charge in [-0.1, -0.05) is 19.3 Å². The van der Waals surface area contributed by atoms with Gasteiger partial charge in [-0.3, -0.25) is 9.59 Å². The van der Waals surface area contributed by atoms with Crippen LogP contribution in [0.15, 0.2) is 0 Å². The molecular formula is C12H22N2O3. The van der Waals surface area contributed by atoms with Crippen molar-refractivity contribution in [1.82, 2.24) is 5.32 Å². The van der Waals surface area contributed by atoms with E-state index in [1.54, 1.807) is 0 Å². The molecule has 0 aliphatic heterocycles. The van der Waals surface area contributed by atoms with Gasteiger partial charge >= 0.3 is 5.97 Å². The molecule has 0 spiro atoms. The van der Waals surface area contributed by atoms with Gasteiger partial charge in [0.2, 0.25) is 5.91 Å². The van der Waals surface area contributed by atoms with Crippen LogP contribution in [0.3, 0.4) is 0 Å². The number of amides is 1. The summed E-state index contributed by atoms with van der Waals surface area (Å²) in [6.07, 6.45) is 5.64. The molecule has 0 aromatic heterocycles. The Bertz CT molecular complexity index is 268. The molecule has 1 aliphatic rings. The van der Waals surface area contributed by atoms with Crippen molar-refractivity contribution < 1.29 is 14.7 Å². The van der Waals surface area contributed by atoms with E-state index in [2.05, 4.69) is 5.32 Å². The maximum absolute atomic E-state index is 11.9. The van der Waals surface area contributed by atoms with Crippen molar-refractivity contribution in [2.24, 2.45) is 11.7 Å². The van der Waals surface area contributed by atoms with Crippen LogP contribution in [0.1, 0.15) is 44.9 Å². The Morgan fingerprint density at radius 2 is 1.94 bits per heavy atom. The van der Waals surface area contributed by atoms with Crippen LogP contribution in [0.2, 0.25) is 0 Å². The van der Waals surface area contributed by atoms with Gasteiger partial charge in [0.25, 0.3) is 0 Å². The Balaban J connectivity index is 2.27. The third-order valence-electron chi connectivity index (χ3n) is 3.27. The number of aliphatic carboxylic acids is 1. The summed E-state index contributed by atoms with van der Waals surface area (Å²) in [6, 6.07) is -0.0445. The molecule has 1 rings (SSSR count). The van der Waals surface area contributed by atoms with Gasteiger partial charge in [0.1, 0.15) is 0 Å². The average molecular weight is 242 g/mol. The highest BCUT2D eigenvalue weighted by atomic mass is 16.4. The highest BCUT2D eigenvalue weighted by Crippen LogP contribution is 2.22. The Kier molecular flexibility index (Phi) is 5.97. The van der Waals surface area contributed by atoms with Crippen LogP contribution >= 0.6 is 0 Å². The minimum absolute atomic E-state index is 0.00945. The number of carbonyl (C=O) groups is 2. The maximum Gasteiger partial charge on any atom is 0.303 e. The lowest BCUT2D eigenvalue weighted by molar-refractivity contribution is -0.137. The van der Waals surface area contributed by atoms with E-state index in [0.29, 0.717) is 13.0 Å². The number of carboxylic acids is 1. The number of rotatable bonds is 5. The zero-order valence-corrected chi connectivity index (χ0v) is 10.2. The predicted octanol–water partition coefficient (Wildman–Crippen LogP) is 0.875. The van der Waals surface area contributed by atoms with Crippen LogP contribution in [0.25, 0.3) is 0 Å². The molecule has 2 unspecified atom stereocenters. The molecule has 17 heavy (non-hydrogen) atoms. The molecule has 98 valence electrons. The van der Waals surface area contributed by atoms with Crippen molar-refractivity contribution in [3.05, 3.63) is 0 Å². The first-order chi connectivity index (χ1) is 8.11. The third kappa shape index (κ3) is 5.17. The molecule has 1 fully saturated rings. The van der Waals surface area contributed by atoms with Gasteiger partial charge < -0.3 is 16.2 Å². The molecule has 5 nitrogen and oxygen atoms in total. The minimum atomic E-state index is -0.828. The SMILES string of the molecule is NC1CCCCCC1C(=O)NCCCC(=O)O. The summed E-state index contributed by atoms with van der Waals surface area (Å²) in [4.78, 5) is 22.2. The second-order valence-corrected chi connectivity index (χ2v) is 4.70. The first kappa shape index (κ1) is 14.0. The monoisotopic (exact) mass is 242 g/mol. The Hall–Kier alpha value is -1.10. The van der Waals surface area contributed by atoms with Crippen LogP contribution in [0.4, 0.5) is 0 Å². The van der Waals surface area contributed by atoms with E-state index >= 15 is 0 Å². The molecule has 0 saturated heterocycles. The van der Waals surface area contributed by atoms with E-state index in [1.807, 2.05) is 0 Å². The minimum Gasteiger partial charge on any atom is -0.481 e. The zero-order chi connectivity index (χ0) is 12.7. The fraction of sp³-hybridized carbons (Fsp3) is 0.833. The van der Waals surface area contributed by atoms with E-state index in [-0.39, 0.29) is 24.3 Å². The first-order valence-electron chi connectivity index (χ1n) is 6.36. The largest absolute Gasteiger partial charge is 0.481 e. The quantitative estimate of drug-likeness (QED) is 0.493. The molecule has 1 aliphatic carbocycles. The topological polar surface area (TPSA) is 92.4 Å². The number of hydrogen-bond acceptors (Lipinski definition) is 3. The number of carboxylic acid groups (broad SMARTS) is 1. The normalized spacial score (nSPS) is 25.0. The second kappa shape index (κ2) is 7.27. The molecule has 0 aromatic carbocycles. The second-order valence-electron chi connectivity index (χ2n) is 4.70. The van der Waals surface area contributed by atoms with Gasteiger partial charge in [-0.25, -0.2) is 0 Å². The van der Waals surface area contributed by atoms with Gasteiger partial charge in [0.05, 0.1) is 5.92 Å². The number of carbonyl (C=O) groups excluding carboxylic acids is 1. The third-order valence-corrected chi connectivity index (χ3v) is 3.27. The average Bonchev–Trinajstić information content (AvgIpc) is 2.48. The van der Waals surface area contributed by atoms with Crippen LogP contribution in [-0.4, -0.2) is 29.6 Å². The van der Waals surface area contributed by atoms with Crippen LogP contribution in [-0.2, 0) is 9.59 Å². The fourth-order valence-electron chi connectivity index (χ4n) is 2.24. The van der Waals surface area contributed by atoms with Gasteiger partial charge in [0, 0.05) is 19.0 Å². The summed E-state index contributed by atoms with van der Waals surface area (Å²) in [5.74, 6) is -0.933. The van der Waals surface area contributed by atoms with Crippen molar-refractivity contribution in [2.45, 2.75) is 51.0 Å². The lowest BCUT2D eigenvalue weighted by atomic mass is 9.94. The summed E-state index contributed by atoms with van der Waals surface area (Å²) in [5.41, 5.74) is 5.98. The van der Waals surface area contributed by atoms with E-state index < -0.39 is 5.97 Å². The van der Waals surface area contributed by atoms with Crippen molar-refractivity contribution in [1.29, 1.82) is 0 Å². The Labute approximate surface area is 102 Å². The number of hydrogen-bond donors (Lipinski definition) is 3. The van der Waals surface area contributed by atoms with E-state index in [4.69, 9.17) is 10.8 Å². The van der Waals surface area contributed by atoms with Crippen LogP contribution in [0, 0.1) is 5.92 Å². The summed E-state index contributed by atoms with van der Waals surface area (Å²) in [6.45, 7) is 0.425. The smallest absolute Gasteiger partial charge is 0.303 e. The molecule has 0 bridgehead atoms. The highest BCUT2D eigenvalue weighted by molar-refractivity contribution is 5.79. The number of nitrogens with one attached hydrogen (secondary N) is 1. The van der Waals surface area contributed by atoms with Crippen LogP contribution in [0.5, 0.6) is 0 Å². The summed E-state index contributed by atoms with van der Waals surface area (Å²) in [5, 5.41) is 11.3. The Morgan fingerprint density at radius 1 is 1.24 bits per heavy atom. The fourth-order valence-corrected chi connectivity index (χ4v) is 2.24. The predicted molar refractivity (Wildman–Crippen MR) is 64.4 cm³/mol. The summed E-state index contributed by atoms with van der Waals surface area (Å²) in [7, 11) is 0. The Morgan fingerprint density at radius 3 is 2.65 bits per heavy atom.